The number of alkyl halides is 3. The summed E-state index contributed by atoms with van der Waals surface area (Å²) in [5.41, 5.74) is -0.489. The van der Waals surface area contributed by atoms with Crippen molar-refractivity contribution < 1.29 is 23.1 Å². The summed E-state index contributed by atoms with van der Waals surface area (Å²) in [4.78, 5) is 12.9. The molecule has 8 heteroatoms. The number of benzene rings is 1. The molecule has 2 aromatic rings. The van der Waals surface area contributed by atoms with Crippen molar-refractivity contribution >= 4 is 32.9 Å². The van der Waals surface area contributed by atoms with Gasteiger partial charge in [0, 0.05) is 15.6 Å². The molecule has 0 aliphatic heterocycles. The van der Waals surface area contributed by atoms with Gasteiger partial charge in [-0.25, -0.2) is 4.79 Å². The van der Waals surface area contributed by atoms with Crippen LogP contribution in [0.4, 0.5) is 18.0 Å². The molecule has 0 radical (unpaired) electrons. The summed E-state index contributed by atoms with van der Waals surface area (Å²) >= 11 is 3.02. The van der Waals surface area contributed by atoms with Crippen molar-refractivity contribution in [1.82, 2.24) is 10.3 Å². The van der Waals surface area contributed by atoms with Crippen LogP contribution in [0, 0.1) is 0 Å². The molecular weight excluding hydrogens is 329 g/mol. The largest absolute Gasteiger partial charge is 0.465 e. The molecule has 0 unspecified atom stereocenters. The maximum absolute atomic E-state index is 12.9. The highest BCUT2D eigenvalue weighted by Gasteiger charge is 2.33. The molecule has 1 amide bonds. The maximum Gasteiger partial charge on any atom is 0.418 e. The topological polar surface area (TPSA) is 65.1 Å². The fraction of sp³-hybridized carbons (Fsp3) is 0.182. The molecular formula is C11H8BrF3N2O2. The van der Waals surface area contributed by atoms with Gasteiger partial charge in [0.2, 0.25) is 0 Å². The number of hydrogen-bond acceptors (Lipinski definition) is 1. The monoisotopic (exact) mass is 336 g/mol. The lowest BCUT2D eigenvalue weighted by atomic mass is 10.1. The normalized spacial score (nSPS) is 11.8. The van der Waals surface area contributed by atoms with Crippen molar-refractivity contribution in [2.45, 2.75) is 12.7 Å². The van der Waals surface area contributed by atoms with Crippen LogP contribution in [0.1, 0.15) is 11.3 Å². The SMILES string of the molecule is O=C(O)NCc1cc2cc(Br)cc(C(F)(F)F)c2[nH]1. The van der Waals surface area contributed by atoms with Crippen LogP contribution in [0.3, 0.4) is 0 Å². The summed E-state index contributed by atoms with van der Waals surface area (Å²) in [5.74, 6) is 0. The Bertz CT molecular complexity index is 637. The minimum Gasteiger partial charge on any atom is -0.465 e. The standard InChI is InChI=1S/C11H8BrF3N2O2/c12-6-1-5-2-7(4-16-10(18)19)17-9(5)8(3-6)11(13,14)15/h1-3,16-17H,4H2,(H,18,19). The first-order chi connectivity index (χ1) is 8.77. The first-order valence-electron chi connectivity index (χ1n) is 5.12. The highest BCUT2D eigenvalue weighted by molar-refractivity contribution is 9.10. The van der Waals surface area contributed by atoms with Crippen LogP contribution in [0.2, 0.25) is 0 Å². The van der Waals surface area contributed by atoms with E-state index >= 15 is 0 Å². The third-order valence-electron chi connectivity index (χ3n) is 2.48. The highest BCUT2D eigenvalue weighted by Crippen LogP contribution is 2.36. The molecule has 0 spiro atoms. The van der Waals surface area contributed by atoms with Gasteiger partial charge in [-0.3, -0.25) is 0 Å². The van der Waals surface area contributed by atoms with Crippen LogP contribution in [0.5, 0.6) is 0 Å². The Hall–Kier alpha value is -1.70. The van der Waals surface area contributed by atoms with Crippen molar-refractivity contribution in [3.05, 3.63) is 33.9 Å². The highest BCUT2D eigenvalue weighted by atomic mass is 79.9. The summed E-state index contributed by atoms with van der Waals surface area (Å²) in [6, 6.07) is 3.99. The Morgan fingerprint density at radius 1 is 1.37 bits per heavy atom. The number of nitrogens with one attached hydrogen (secondary N) is 2. The molecule has 19 heavy (non-hydrogen) atoms. The fourth-order valence-electron chi connectivity index (χ4n) is 1.76. The molecule has 1 aromatic heterocycles. The predicted octanol–water partition coefficient (Wildman–Crippen LogP) is 3.72. The van der Waals surface area contributed by atoms with Gasteiger partial charge in [0.05, 0.1) is 17.6 Å². The molecule has 0 aliphatic carbocycles. The molecule has 0 fully saturated rings. The van der Waals surface area contributed by atoms with E-state index in [0.29, 0.717) is 15.6 Å². The number of fused-ring (bicyclic) bond motifs is 1. The number of carbonyl (C=O) groups is 1. The van der Waals surface area contributed by atoms with Gasteiger partial charge >= 0.3 is 12.3 Å². The maximum atomic E-state index is 12.9. The number of carboxylic acid groups (broad SMARTS) is 1. The van der Waals surface area contributed by atoms with E-state index in [2.05, 4.69) is 26.2 Å². The van der Waals surface area contributed by atoms with Gasteiger partial charge < -0.3 is 15.4 Å². The first-order valence-corrected chi connectivity index (χ1v) is 5.92. The third-order valence-corrected chi connectivity index (χ3v) is 2.94. The van der Waals surface area contributed by atoms with Crippen molar-refractivity contribution in [1.29, 1.82) is 0 Å². The van der Waals surface area contributed by atoms with E-state index in [1.807, 2.05) is 0 Å². The molecule has 1 heterocycles. The number of aromatic amines is 1. The number of amides is 1. The summed E-state index contributed by atoms with van der Waals surface area (Å²) in [5, 5.41) is 10.9. The number of hydrogen-bond donors (Lipinski definition) is 3. The lowest BCUT2D eigenvalue weighted by molar-refractivity contribution is -0.136. The Balaban J connectivity index is 2.49. The predicted molar refractivity (Wildman–Crippen MR) is 65.9 cm³/mol. The zero-order valence-corrected chi connectivity index (χ0v) is 10.9. The van der Waals surface area contributed by atoms with E-state index in [4.69, 9.17) is 5.11 Å². The molecule has 0 saturated carbocycles. The van der Waals surface area contributed by atoms with Crippen LogP contribution in [0.25, 0.3) is 10.9 Å². The van der Waals surface area contributed by atoms with Gasteiger partial charge in [-0.2, -0.15) is 13.2 Å². The zero-order chi connectivity index (χ0) is 14.2. The van der Waals surface area contributed by atoms with Crippen molar-refractivity contribution in [3.63, 3.8) is 0 Å². The smallest absolute Gasteiger partial charge is 0.418 e. The average molecular weight is 337 g/mol. The second-order valence-electron chi connectivity index (χ2n) is 3.87. The van der Waals surface area contributed by atoms with Gasteiger partial charge in [0.1, 0.15) is 0 Å². The minimum absolute atomic E-state index is 0.0575. The average Bonchev–Trinajstić information content (AvgIpc) is 2.66. The lowest BCUT2D eigenvalue weighted by Crippen LogP contribution is -2.20. The Morgan fingerprint density at radius 2 is 2.05 bits per heavy atom. The number of rotatable bonds is 2. The van der Waals surface area contributed by atoms with Gasteiger partial charge in [0.15, 0.2) is 0 Å². The molecule has 1 aromatic carbocycles. The molecule has 102 valence electrons. The fourth-order valence-corrected chi connectivity index (χ4v) is 2.23. The van der Waals surface area contributed by atoms with Gasteiger partial charge in [-0.15, -0.1) is 0 Å². The van der Waals surface area contributed by atoms with E-state index in [0.717, 1.165) is 6.07 Å². The molecule has 0 aliphatic rings. The summed E-state index contributed by atoms with van der Waals surface area (Å²) < 4.78 is 38.9. The first kappa shape index (κ1) is 13.7. The minimum atomic E-state index is -4.48. The Morgan fingerprint density at radius 3 is 2.63 bits per heavy atom. The van der Waals surface area contributed by atoms with E-state index in [1.165, 1.54) is 12.1 Å². The summed E-state index contributed by atoms with van der Waals surface area (Å²) in [7, 11) is 0. The Labute approximate surface area is 113 Å². The molecule has 0 bridgehead atoms. The van der Waals surface area contributed by atoms with Crippen LogP contribution < -0.4 is 5.32 Å². The van der Waals surface area contributed by atoms with Crippen molar-refractivity contribution in [2.75, 3.05) is 0 Å². The second kappa shape index (κ2) is 4.76. The lowest BCUT2D eigenvalue weighted by Gasteiger charge is -2.08. The molecule has 0 saturated heterocycles. The zero-order valence-electron chi connectivity index (χ0n) is 9.31. The van der Waals surface area contributed by atoms with Crippen molar-refractivity contribution in [3.8, 4) is 0 Å². The quantitative estimate of drug-likeness (QED) is 0.782. The second-order valence-corrected chi connectivity index (χ2v) is 4.78. The van der Waals surface area contributed by atoms with Gasteiger partial charge in [-0.05, 0) is 18.2 Å². The third kappa shape index (κ3) is 3.01. The van der Waals surface area contributed by atoms with Gasteiger partial charge in [-0.1, -0.05) is 15.9 Å². The van der Waals surface area contributed by atoms with Crippen LogP contribution in [-0.4, -0.2) is 16.2 Å². The van der Waals surface area contributed by atoms with Gasteiger partial charge in [0.25, 0.3) is 0 Å². The molecule has 0 atom stereocenters. The Kier molecular flexibility index (Phi) is 3.44. The van der Waals surface area contributed by atoms with E-state index in [1.54, 1.807) is 0 Å². The van der Waals surface area contributed by atoms with Crippen LogP contribution in [0.15, 0.2) is 22.7 Å². The van der Waals surface area contributed by atoms with Crippen molar-refractivity contribution in [2.24, 2.45) is 0 Å². The number of aromatic nitrogens is 1. The molecule has 4 nitrogen and oxygen atoms in total. The summed E-state index contributed by atoms with van der Waals surface area (Å²) in [6.07, 6.45) is -5.72. The van der Waals surface area contributed by atoms with E-state index < -0.39 is 17.8 Å². The number of H-pyrrole nitrogens is 1. The van der Waals surface area contributed by atoms with Crippen LogP contribution in [-0.2, 0) is 12.7 Å². The van der Waals surface area contributed by atoms with Crippen LogP contribution >= 0.6 is 15.9 Å². The number of halogens is 4. The van der Waals surface area contributed by atoms with E-state index in [-0.39, 0.29) is 12.1 Å². The molecule has 2 rings (SSSR count). The molecule has 3 N–H and O–H groups in total. The van der Waals surface area contributed by atoms with E-state index in [9.17, 15) is 18.0 Å². The summed E-state index contributed by atoms with van der Waals surface area (Å²) in [6.45, 7) is -0.0844.